The summed E-state index contributed by atoms with van der Waals surface area (Å²) in [7, 11) is 0. The minimum Gasteiger partial charge on any atom is -0.280 e. The number of alkyl halides is 6. The van der Waals surface area contributed by atoms with E-state index in [4.69, 9.17) is 0 Å². The molecule has 0 N–H and O–H groups in total. The van der Waals surface area contributed by atoms with E-state index < -0.39 is 28.9 Å². The van der Waals surface area contributed by atoms with Gasteiger partial charge in [0.05, 0.1) is 11.3 Å². The molecule has 12 heteroatoms. The third kappa shape index (κ3) is 3.56. The Balaban J connectivity index is 1.89. The van der Waals surface area contributed by atoms with Crippen LogP contribution in [0.5, 0.6) is 0 Å². The molecule has 26 heavy (non-hydrogen) atoms. The first kappa shape index (κ1) is 18.7. The lowest BCUT2D eigenvalue weighted by molar-refractivity contribution is -0.144. The summed E-state index contributed by atoms with van der Waals surface area (Å²) < 4.78 is 76.9. The lowest BCUT2D eigenvalue weighted by Crippen LogP contribution is -2.08. The Morgan fingerprint density at radius 1 is 1.15 bits per heavy atom. The Morgan fingerprint density at radius 3 is 2.42 bits per heavy atom. The molecule has 0 spiro atoms. The van der Waals surface area contributed by atoms with Crippen LogP contribution in [0.25, 0.3) is 4.96 Å². The van der Waals surface area contributed by atoms with Gasteiger partial charge in [-0.15, -0.1) is 5.10 Å². The van der Waals surface area contributed by atoms with Crippen molar-refractivity contribution >= 4 is 33.2 Å². The molecule has 0 aliphatic rings. The van der Waals surface area contributed by atoms with Gasteiger partial charge in [0.2, 0.25) is 10.1 Å². The largest absolute Gasteiger partial charge is 0.453 e. The second-order valence-electron chi connectivity index (χ2n) is 5.06. The summed E-state index contributed by atoms with van der Waals surface area (Å²) in [5.41, 5.74) is -0.762. The molecule has 0 fully saturated rings. The van der Waals surface area contributed by atoms with E-state index in [1.807, 2.05) is 0 Å². The third-order valence-electron chi connectivity index (χ3n) is 3.23. The average Bonchev–Trinajstić information content (AvgIpc) is 3.06. The van der Waals surface area contributed by atoms with Crippen molar-refractivity contribution < 1.29 is 31.1 Å². The van der Waals surface area contributed by atoms with Gasteiger partial charge in [-0.25, -0.2) is 4.52 Å². The molecule has 0 amide bonds. The van der Waals surface area contributed by atoms with E-state index in [0.717, 1.165) is 16.6 Å². The molecule has 0 unspecified atom stereocenters. The number of hydrogen-bond donors (Lipinski definition) is 0. The number of carbonyl (C=O) groups excluding carboxylic acids is 1. The third-order valence-corrected chi connectivity index (χ3v) is 5.37. The van der Waals surface area contributed by atoms with Crippen molar-refractivity contribution in [2.75, 3.05) is 0 Å². The SMILES string of the molecule is Cc1c(C(=O)Sc2cccc(C(F)(F)F)c2)sc2nc(C(F)(F)F)nn12. The first-order chi connectivity index (χ1) is 12.0. The molecule has 138 valence electrons. The van der Waals surface area contributed by atoms with Gasteiger partial charge in [0, 0.05) is 4.90 Å². The number of benzene rings is 1. The zero-order valence-corrected chi connectivity index (χ0v) is 14.3. The highest BCUT2D eigenvalue weighted by molar-refractivity contribution is 8.14. The van der Waals surface area contributed by atoms with Gasteiger partial charge in [-0.3, -0.25) is 4.79 Å². The number of thioether (sulfide) groups is 1. The second-order valence-corrected chi connectivity index (χ2v) is 7.08. The molecule has 2 heterocycles. The molecular formula is C14H7F6N3OS2. The summed E-state index contributed by atoms with van der Waals surface area (Å²) >= 11 is 1.24. The van der Waals surface area contributed by atoms with Crippen LogP contribution in [0.4, 0.5) is 26.3 Å². The number of nitrogens with zero attached hydrogens (tertiary/aromatic N) is 3. The average molecular weight is 411 g/mol. The molecule has 1 aromatic carbocycles. The Labute approximate surface area is 149 Å². The van der Waals surface area contributed by atoms with E-state index in [1.54, 1.807) is 0 Å². The summed E-state index contributed by atoms with van der Waals surface area (Å²) in [4.78, 5) is 15.7. The number of hydrogen-bond acceptors (Lipinski definition) is 5. The Bertz CT molecular complexity index is 989. The summed E-state index contributed by atoms with van der Waals surface area (Å²) in [5.74, 6) is -1.32. The van der Waals surface area contributed by atoms with E-state index in [1.165, 1.54) is 19.1 Å². The zero-order valence-electron chi connectivity index (χ0n) is 12.6. The molecule has 0 radical (unpaired) electrons. The lowest BCUT2D eigenvalue weighted by Gasteiger charge is -2.07. The van der Waals surface area contributed by atoms with Crippen molar-refractivity contribution in [2.24, 2.45) is 0 Å². The predicted molar refractivity (Wildman–Crippen MR) is 82.2 cm³/mol. The van der Waals surface area contributed by atoms with Crippen LogP contribution in [0, 0.1) is 6.92 Å². The Morgan fingerprint density at radius 2 is 1.85 bits per heavy atom. The number of aromatic nitrogens is 3. The molecule has 0 saturated carbocycles. The maximum atomic E-state index is 12.7. The van der Waals surface area contributed by atoms with E-state index in [-0.39, 0.29) is 20.4 Å². The Kier molecular flexibility index (Phi) is 4.51. The minimum absolute atomic E-state index is 0.0659. The normalized spacial score (nSPS) is 12.7. The Hall–Kier alpha value is -2.08. The summed E-state index contributed by atoms with van der Waals surface area (Å²) in [6.45, 7) is 1.39. The second kappa shape index (κ2) is 6.27. The fourth-order valence-corrected chi connectivity index (χ4v) is 3.98. The van der Waals surface area contributed by atoms with Gasteiger partial charge in [-0.1, -0.05) is 17.4 Å². The van der Waals surface area contributed by atoms with Crippen LogP contribution in [0.1, 0.15) is 26.8 Å². The molecular weight excluding hydrogens is 404 g/mol. The van der Waals surface area contributed by atoms with Crippen molar-refractivity contribution in [1.82, 2.24) is 14.6 Å². The fraction of sp³-hybridized carbons (Fsp3) is 0.214. The minimum atomic E-state index is -4.71. The predicted octanol–water partition coefficient (Wildman–Crippen LogP) is 5.07. The van der Waals surface area contributed by atoms with Gasteiger partial charge in [0.15, 0.2) is 0 Å². The molecule has 0 bridgehead atoms. The van der Waals surface area contributed by atoms with E-state index in [0.29, 0.717) is 23.1 Å². The summed E-state index contributed by atoms with van der Waals surface area (Å²) in [6, 6.07) is 4.22. The number of fused-ring (bicyclic) bond motifs is 1. The van der Waals surface area contributed by atoms with E-state index in [2.05, 4.69) is 10.1 Å². The number of thiazole rings is 1. The highest BCUT2D eigenvalue weighted by atomic mass is 32.2. The maximum Gasteiger partial charge on any atom is 0.453 e. The quantitative estimate of drug-likeness (QED) is 0.436. The smallest absolute Gasteiger partial charge is 0.280 e. The van der Waals surface area contributed by atoms with Crippen molar-refractivity contribution in [3.05, 3.63) is 46.2 Å². The van der Waals surface area contributed by atoms with Crippen molar-refractivity contribution in [3.63, 3.8) is 0 Å². The molecule has 4 nitrogen and oxygen atoms in total. The first-order valence-corrected chi connectivity index (χ1v) is 8.43. The molecule has 2 aromatic heterocycles. The molecule has 3 aromatic rings. The van der Waals surface area contributed by atoms with Crippen LogP contribution in [0.2, 0.25) is 0 Å². The van der Waals surface area contributed by atoms with Crippen LogP contribution in [-0.2, 0) is 12.4 Å². The molecule has 0 atom stereocenters. The van der Waals surface area contributed by atoms with Crippen LogP contribution in [0.3, 0.4) is 0 Å². The van der Waals surface area contributed by atoms with Crippen molar-refractivity contribution in [2.45, 2.75) is 24.2 Å². The van der Waals surface area contributed by atoms with E-state index in [9.17, 15) is 31.1 Å². The zero-order chi connectivity index (χ0) is 19.3. The van der Waals surface area contributed by atoms with Gasteiger partial charge in [-0.05, 0) is 36.9 Å². The maximum absolute atomic E-state index is 12.7. The first-order valence-electron chi connectivity index (χ1n) is 6.79. The van der Waals surface area contributed by atoms with Gasteiger partial charge in [0.1, 0.15) is 4.88 Å². The summed E-state index contributed by atoms with van der Waals surface area (Å²) in [5, 5.41) is 2.72. The van der Waals surface area contributed by atoms with Crippen LogP contribution >= 0.6 is 23.1 Å². The number of aryl methyl sites for hydroxylation is 1. The van der Waals surface area contributed by atoms with E-state index >= 15 is 0 Å². The van der Waals surface area contributed by atoms with Gasteiger partial charge < -0.3 is 0 Å². The topological polar surface area (TPSA) is 47.3 Å². The van der Waals surface area contributed by atoms with Gasteiger partial charge in [-0.2, -0.15) is 31.3 Å². The highest BCUT2D eigenvalue weighted by Gasteiger charge is 2.37. The van der Waals surface area contributed by atoms with Crippen LogP contribution < -0.4 is 0 Å². The molecule has 3 rings (SSSR count). The van der Waals surface area contributed by atoms with Crippen molar-refractivity contribution in [3.8, 4) is 0 Å². The summed E-state index contributed by atoms with van der Waals surface area (Å²) in [6.07, 6.45) is -9.26. The van der Waals surface area contributed by atoms with Gasteiger partial charge >= 0.3 is 12.4 Å². The van der Waals surface area contributed by atoms with Gasteiger partial charge in [0.25, 0.3) is 5.82 Å². The molecule has 0 aliphatic carbocycles. The van der Waals surface area contributed by atoms with Crippen LogP contribution in [0.15, 0.2) is 29.2 Å². The monoisotopic (exact) mass is 411 g/mol. The number of halogens is 6. The fourth-order valence-electron chi connectivity index (χ4n) is 2.04. The van der Waals surface area contributed by atoms with Crippen LogP contribution in [-0.4, -0.2) is 19.7 Å². The molecule has 0 saturated heterocycles. The number of carbonyl (C=O) groups is 1. The lowest BCUT2D eigenvalue weighted by atomic mass is 10.2. The number of rotatable bonds is 2. The highest BCUT2D eigenvalue weighted by Crippen LogP contribution is 2.35. The van der Waals surface area contributed by atoms with Crippen molar-refractivity contribution in [1.29, 1.82) is 0 Å². The standard InChI is InChI=1S/C14H7F6N3OS2/c1-6-9(26-12-21-11(14(18,19)20)22-23(6)12)10(24)25-8-4-2-3-7(5-8)13(15,16)17/h2-5H,1H3. The molecule has 0 aliphatic heterocycles.